The minimum Gasteiger partial charge on any atom is -0.489 e. The van der Waals surface area contributed by atoms with Crippen molar-refractivity contribution >= 4 is 17.3 Å². The zero-order valence-electron chi connectivity index (χ0n) is 19.5. The van der Waals surface area contributed by atoms with E-state index in [4.69, 9.17) is 14.2 Å². The molecule has 186 valence electrons. The van der Waals surface area contributed by atoms with Crippen molar-refractivity contribution in [1.82, 2.24) is 4.90 Å². The summed E-state index contributed by atoms with van der Waals surface area (Å²) in [5.41, 5.74) is 0.126. The predicted octanol–water partition coefficient (Wildman–Crippen LogP) is 3.89. The molecule has 2 aromatic rings. The second kappa shape index (κ2) is 11.4. The first-order chi connectivity index (χ1) is 16.2. The molecule has 2 aromatic carbocycles. The van der Waals surface area contributed by atoms with Crippen molar-refractivity contribution in [2.45, 2.75) is 19.2 Å². The quantitative estimate of drug-likeness (QED) is 0.520. The molecule has 0 saturated heterocycles. The molecule has 34 heavy (non-hydrogen) atoms. The molecule has 1 aliphatic rings. The van der Waals surface area contributed by atoms with E-state index in [0.29, 0.717) is 13.1 Å². The Bertz CT molecular complexity index is 971. The summed E-state index contributed by atoms with van der Waals surface area (Å²) in [4.78, 5) is 16.7. The number of likely N-dealkylation sites (N-methyl/N-ethyl adjacent to an activating group) is 2. The Kier molecular flexibility index (Phi) is 8.62. The van der Waals surface area contributed by atoms with Crippen LogP contribution in [0.4, 0.5) is 24.5 Å². The number of hydrogen-bond acceptors (Lipinski definition) is 6. The summed E-state index contributed by atoms with van der Waals surface area (Å²) >= 11 is 0. The Hall–Kier alpha value is -2.98. The van der Waals surface area contributed by atoms with Gasteiger partial charge in [0.25, 0.3) is 0 Å². The summed E-state index contributed by atoms with van der Waals surface area (Å²) in [6.45, 7) is 4.40. The number of nitrogens with one attached hydrogen (secondary N) is 1. The minimum atomic E-state index is -4.54. The first-order valence-electron chi connectivity index (χ1n) is 11.0. The molecule has 0 bridgehead atoms. The van der Waals surface area contributed by atoms with Crippen molar-refractivity contribution in [2.75, 3.05) is 63.8 Å². The van der Waals surface area contributed by atoms with Crippen molar-refractivity contribution in [2.24, 2.45) is 0 Å². The van der Waals surface area contributed by atoms with Crippen LogP contribution in [0.2, 0.25) is 0 Å². The number of fused-ring (bicyclic) bond motifs is 1. The predicted molar refractivity (Wildman–Crippen MR) is 124 cm³/mol. The Morgan fingerprint density at radius 3 is 2.71 bits per heavy atom. The number of benzene rings is 2. The van der Waals surface area contributed by atoms with Gasteiger partial charge in [-0.15, -0.1) is 0 Å². The number of para-hydroxylation sites is 2. The summed E-state index contributed by atoms with van der Waals surface area (Å²) in [6.07, 6.45) is -4.70. The average Bonchev–Trinajstić information content (AvgIpc) is 2.78. The molecule has 1 N–H and O–H groups in total. The number of rotatable bonds is 10. The highest BCUT2D eigenvalue weighted by molar-refractivity contribution is 5.93. The van der Waals surface area contributed by atoms with Crippen LogP contribution in [0.1, 0.15) is 12.5 Å². The van der Waals surface area contributed by atoms with Crippen molar-refractivity contribution < 1.29 is 32.2 Å². The fourth-order valence-electron chi connectivity index (χ4n) is 3.79. The van der Waals surface area contributed by atoms with Crippen LogP contribution in [0.15, 0.2) is 42.5 Å². The van der Waals surface area contributed by atoms with Gasteiger partial charge in [-0.25, -0.2) is 0 Å². The van der Waals surface area contributed by atoms with E-state index in [2.05, 4.69) is 17.1 Å². The Balaban J connectivity index is 1.63. The van der Waals surface area contributed by atoms with Gasteiger partial charge >= 0.3 is 6.18 Å². The maximum Gasteiger partial charge on any atom is 0.416 e. The van der Waals surface area contributed by atoms with Gasteiger partial charge in [-0.2, -0.15) is 13.2 Å². The molecule has 0 radical (unpaired) electrons. The molecule has 0 aliphatic carbocycles. The van der Waals surface area contributed by atoms with Crippen molar-refractivity contribution in [3.8, 4) is 11.5 Å². The van der Waals surface area contributed by atoms with Crippen LogP contribution in [0, 0.1) is 0 Å². The van der Waals surface area contributed by atoms with Crippen LogP contribution in [-0.4, -0.2) is 70.5 Å². The Labute approximate surface area is 197 Å². The molecule has 0 unspecified atom stereocenters. The molecule has 0 saturated carbocycles. The lowest BCUT2D eigenvalue weighted by Gasteiger charge is -2.37. The minimum absolute atomic E-state index is 0.0264. The molecule has 0 aromatic heterocycles. The highest BCUT2D eigenvalue weighted by Crippen LogP contribution is 2.35. The van der Waals surface area contributed by atoms with E-state index in [1.165, 1.54) is 13.2 Å². The van der Waals surface area contributed by atoms with Crippen LogP contribution in [-0.2, 0) is 15.7 Å². The third-order valence-electron chi connectivity index (χ3n) is 5.36. The van der Waals surface area contributed by atoms with E-state index in [0.717, 1.165) is 30.1 Å². The van der Waals surface area contributed by atoms with Crippen LogP contribution in [0.3, 0.4) is 0 Å². The van der Waals surface area contributed by atoms with Gasteiger partial charge in [0.15, 0.2) is 0 Å². The fraction of sp³-hybridized carbons (Fsp3) is 0.458. The molecule has 1 aliphatic heterocycles. The summed E-state index contributed by atoms with van der Waals surface area (Å²) in [6, 6.07) is 10.8. The number of hydrogen-bond donors (Lipinski definition) is 1. The summed E-state index contributed by atoms with van der Waals surface area (Å²) in [5, 5.41) is 2.56. The summed E-state index contributed by atoms with van der Waals surface area (Å²) in [7, 11) is 3.25. The Morgan fingerprint density at radius 1 is 1.24 bits per heavy atom. The zero-order chi connectivity index (χ0) is 24.7. The summed E-state index contributed by atoms with van der Waals surface area (Å²) < 4.78 is 56.0. The third kappa shape index (κ3) is 6.77. The van der Waals surface area contributed by atoms with Gasteiger partial charge in [0.1, 0.15) is 24.2 Å². The van der Waals surface area contributed by atoms with Crippen LogP contribution in [0.25, 0.3) is 0 Å². The number of anilines is 2. The number of amides is 1. The molecular weight excluding hydrogens is 451 g/mol. The molecular formula is C24H30F3N3O4. The monoisotopic (exact) mass is 481 g/mol. The number of methoxy groups -OCH3 is 1. The molecule has 3 rings (SSSR count). The van der Waals surface area contributed by atoms with Crippen LogP contribution < -0.4 is 19.7 Å². The van der Waals surface area contributed by atoms with Gasteiger partial charge in [0.05, 0.1) is 36.6 Å². The highest BCUT2D eigenvalue weighted by atomic mass is 19.4. The first-order valence-corrected chi connectivity index (χ1v) is 11.0. The number of carbonyl (C=O) groups is 1. The van der Waals surface area contributed by atoms with Crippen LogP contribution >= 0.6 is 0 Å². The van der Waals surface area contributed by atoms with Gasteiger partial charge in [0.2, 0.25) is 5.91 Å². The smallest absolute Gasteiger partial charge is 0.416 e. The highest BCUT2D eigenvalue weighted by Gasteiger charge is 2.31. The first kappa shape index (κ1) is 25.6. The SMILES string of the molecule is CCN1C[C@@H](CN(C)CC(=O)Nc2cc(C(F)(F)F)ccc2OCCOC)Oc2ccccc21. The lowest BCUT2D eigenvalue weighted by atomic mass is 10.1. The normalized spacial score (nSPS) is 15.6. The van der Waals surface area contributed by atoms with E-state index in [1.54, 1.807) is 11.9 Å². The van der Waals surface area contributed by atoms with Gasteiger partial charge in [-0.05, 0) is 44.3 Å². The lowest BCUT2D eigenvalue weighted by Crippen LogP contribution is -2.46. The maximum absolute atomic E-state index is 13.2. The standard InChI is InChI=1S/C24H30F3N3O4/c1-4-30-15-18(34-22-8-6-5-7-20(22)30)14-29(2)16-23(31)28-19-13-17(24(25,26)27)9-10-21(19)33-12-11-32-3/h5-10,13,18H,4,11-12,14-16H2,1-3H3,(H,28,31)/t18-/m1/s1. The molecule has 0 spiro atoms. The van der Waals surface area contributed by atoms with Crippen molar-refractivity contribution in [3.05, 3.63) is 48.0 Å². The maximum atomic E-state index is 13.2. The average molecular weight is 482 g/mol. The van der Waals surface area contributed by atoms with E-state index in [9.17, 15) is 18.0 Å². The third-order valence-corrected chi connectivity index (χ3v) is 5.36. The largest absolute Gasteiger partial charge is 0.489 e. The fourth-order valence-corrected chi connectivity index (χ4v) is 3.79. The number of carbonyl (C=O) groups excluding carboxylic acids is 1. The summed E-state index contributed by atoms with van der Waals surface area (Å²) in [5.74, 6) is 0.481. The van der Waals surface area contributed by atoms with Crippen molar-refractivity contribution in [1.29, 1.82) is 0 Å². The number of alkyl halides is 3. The van der Waals surface area contributed by atoms with Gasteiger partial charge < -0.3 is 24.4 Å². The number of nitrogens with zero attached hydrogens (tertiary/aromatic N) is 2. The van der Waals surface area contributed by atoms with Gasteiger partial charge in [-0.1, -0.05) is 12.1 Å². The van der Waals surface area contributed by atoms with E-state index >= 15 is 0 Å². The number of halogens is 3. The van der Waals surface area contributed by atoms with E-state index in [-0.39, 0.29) is 37.3 Å². The second-order valence-corrected chi connectivity index (χ2v) is 8.04. The van der Waals surface area contributed by atoms with Crippen molar-refractivity contribution in [3.63, 3.8) is 0 Å². The van der Waals surface area contributed by atoms with E-state index in [1.807, 2.05) is 24.3 Å². The van der Waals surface area contributed by atoms with Gasteiger partial charge in [-0.3, -0.25) is 9.69 Å². The second-order valence-electron chi connectivity index (χ2n) is 8.04. The molecule has 1 heterocycles. The molecule has 10 heteroatoms. The van der Waals surface area contributed by atoms with E-state index < -0.39 is 17.6 Å². The van der Waals surface area contributed by atoms with Crippen LogP contribution in [0.5, 0.6) is 11.5 Å². The van der Waals surface area contributed by atoms with Gasteiger partial charge in [0, 0.05) is 20.2 Å². The Morgan fingerprint density at radius 2 is 2.00 bits per heavy atom. The molecule has 7 nitrogen and oxygen atoms in total. The molecule has 1 atom stereocenters. The number of ether oxygens (including phenoxy) is 3. The topological polar surface area (TPSA) is 63.3 Å². The molecule has 1 amide bonds. The zero-order valence-corrected chi connectivity index (χ0v) is 19.5. The molecule has 0 fully saturated rings. The lowest BCUT2D eigenvalue weighted by molar-refractivity contribution is -0.137.